The molecule has 0 aromatic heterocycles. The summed E-state index contributed by atoms with van der Waals surface area (Å²) in [6.07, 6.45) is 0. The van der Waals surface area contributed by atoms with Gasteiger partial charge < -0.3 is 0 Å². The van der Waals surface area contributed by atoms with Gasteiger partial charge in [0.1, 0.15) is 0 Å². The van der Waals surface area contributed by atoms with Gasteiger partial charge >= 0.3 is 42.0 Å². The van der Waals surface area contributed by atoms with Gasteiger partial charge in [-0.05, 0) is 6.92 Å². The zero-order valence-electron chi connectivity index (χ0n) is 7.92. The number of nitrogens with zero attached hydrogens (tertiary/aromatic N) is 2. The first-order valence-electron chi connectivity index (χ1n) is 3.77. The van der Waals surface area contributed by atoms with Gasteiger partial charge in [0.25, 0.3) is 0 Å². The van der Waals surface area contributed by atoms with Crippen LogP contribution in [-0.2, 0) is 0 Å². The van der Waals surface area contributed by atoms with E-state index in [1.54, 1.807) is 6.07 Å². The third-order valence-corrected chi connectivity index (χ3v) is 1.22. The van der Waals surface area contributed by atoms with Crippen molar-refractivity contribution in [2.75, 3.05) is 0 Å². The molecule has 92 valence electrons. The van der Waals surface area contributed by atoms with Crippen molar-refractivity contribution in [3.63, 3.8) is 0 Å². The van der Waals surface area contributed by atoms with Crippen LogP contribution in [0, 0.1) is 12.3 Å². The van der Waals surface area contributed by atoms with Gasteiger partial charge in [0.2, 0.25) is 5.39 Å². The number of hydrogen-bond acceptors (Lipinski definition) is 1. The SMILES string of the molecule is Cc1ccccc1[N+]#N.[F][Sb-]([F])([F])([F])([F])[F]. The quantitative estimate of drug-likeness (QED) is 0.379. The number of hydrogen-bond donors (Lipinski definition) is 0. The summed E-state index contributed by atoms with van der Waals surface area (Å²) in [4.78, 5) is 3.07. The average Bonchev–Trinajstić information content (AvgIpc) is 1.99. The molecule has 0 spiro atoms. The van der Waals surface area contributed by atoms with Crippen molar-refractivity contribution in [2.24, 2.45) is 0 Å². The molecule has 0 aliphatic rings. The van der Waals surface area contributed by atoms with E-state index in [2.05, 4.69) is 4.98 Å². The Bertz CT molecular complexity index is 406. The van der Waals surface area contributed by atoms with Crippen molar-refractivity contribution >= 4 is 25.2 Å². The molecule has 0 amide bonds. The van der Waals surface area contributed by atoms with E-state index in [0.717, 1.165) is 5.56 Å². The summed E-state index contributed by atoms with van der Waals surface area (Å²) < 4.78 is 59.6. The molecule has 9 heteroatoms. The normalized spacial score (nSPS) is 14.9. The molecule has 0 atom stereocenters. The summed E-state index contributed by atoms with van der Waals surface area (Å²) in [7, 11) is 0. The van der Waals surface area contributed by atoms with Crippen molar-refractivity contribution in [3.05, 3.63) is 34.8 Å². The molecule has 0 aliphatic carbocycles. The van der Waals surface area contributed by atoms with Gasteiger partial charge in [-0.1, -0.05) is 18.2 Å². The summed E-state index contributed by atoms with van der Waals surface area (Å²) in [5, 5.41) is 8.34. The summed E-state index contributed by atoms with van der Waals surface area (Å²) in [6, 6.07) is 7.40. The monoisotopic (exact) mass is 354 g/mol. The Balaban J connectivity index is 0.000000293. The minimum absolute atomic E-state index is 0.637. The minimum atomic E-state index is -11.2. The molecule has 0 heterocycles. The number of benzene rings is 1. The molecule has 1 rings (SSSR count). The van der Waals surface area contributed by atoms with Gasteiger partial charge in [-0.25, -0.2) is 0 Å². The number of rotatable bonds is 0. The molecular weight excluding hydrogens is 348 g/mol. The Morgan fingerprint density at radius 2 is 1.38 bits per heavy atom. The first kappa shape index (κ1) is 15.0. The molecule has 0 fully saturated rings. The summed E-state index contributed by atoms with van der Waals surface area (Å²) in [6.45, 7) is 1.90. The standard InChI is InChI=1S/C7H7N2.6FH.Sb/c1-6-4-2-3-5-7(6)9-8;;;;;;;/h2-5H,1H3;6*1H;/q+1;;;;;;;+5/p-6. The van der Waals surface area contributed by atoms with Crippen molar-refractivity contribution in [1.29, 1.82) is 5.39 Å². The first-order chi connectivity index (χ1) is 6.79. The predicted molar refractivity (Wildman–Crippen MR) is 48.3 cm³/mol. The van der Waals surface area contributed by atoms with E-state index in [1.165, 1.54) is 0 Å². The summed E-state index contributed by atoms with van der Waals surface area (Å²) >= 11 is -11.2. The number of diazo groups is 1. The Morgan fingerprint density at radius 1 is 1.00 bits per heavy atom. The fourth-order valence-electron chi connectivity index (χ4n) is 0.676. The summed E-state index contributed by atoms with van der Waals surface area (Å²) in [5.74, 6) is 0. The van der Waals surface area contributed by atoms with Crippen LogP contribution in [0.15, 0.2) is 24.3 Å². The maximum atomic E-state index is 9.93. The zero-order valence-corrected chi connectivity index (χ0v) is 10.5. The van der Waals surface area contributed by atoms with Crippen molar-refractivity contribution in [3.8, 4) is 0 Å². The van der Waals surface area contributed by atoms with Crippen LogP contribution in [0.2, 0.25) is 0 Å². The Labute approximate surface area is 89.4 Å². The van der Waals surface area contributed by atoms with Crippen LogP contribution in [0.4, 0.5) is 22.6 Å². The second-order valence-electron chi connectivity index (χ2n) is 2.84. The van der Waals surface area contributed by atoms with Gasteiger partial charge in [0, 0.05) is 11.6 Å². The topological polar surface area (TPSA) is 28.1 Å². The molecule has 16 heavy (non-hydrogen) atoms. The van der Waals surface area contributed by atoms with E-state index in [9.17, 15) is 16.9 Å². The fraction of sp³-hybridized carbons (Fsp3) is 0.143. The molecule has 1 aromatic carbocycles. The predicted octanol–water partition coefficient (Wildman–Crippen LogP) is 4.62. The van der Waals surface area contributed by atoms with E-state index in [1.807, 2.05) is 25.1 Å². The number of aryl methyl sites for hydroxylation is 1. The molecule has 0 unspecified atom stereocenters. The van der Waals surface area contributed by atoms with Crippen molar-refractivity contribution in [1.82, 2.24) is 0 Å². The molecule has 0 bridgehead atoms. The van der Waals surface area contributed by atoms with Crippen LogP contribution in [-0.4, -0.2) is 19.5 Å². The third kappa shape index (κ3) is 13.0. The van der Waals surface area contributed by atoms with Gasteiger partial charge in [0.15, 0.2) is 4.98 Å². The Morgan fingerprint density at radius 3 is 1.62 bits per heavy atom. The van der Waals surface area contributed by atoms with Crippen molar-refractivity contribution < 1.29 is 16.9 Å². The second-order valence-corrected chi connectivity index (χ2v) is 8.32. The molecule has 0 radical (unpaired) electrons. The average molecular weight is 355 g/mol. The second kappa shape index (κ2) is 3.81. The molecule has 2 nitrogen and oxygen atoms in total. The van der Waals surface area contributed by atoms with Crippen LogP contribution < -0.4 is 0 Å². The molecule has 0 N–H and O–H groups in total. The first-order valence-corrected chi connectivity index (χ1v) is 9.55. The number of halogens is 6. The maximum absolute atomic E-state index is 11.2. The van der Waals surface area contributed by atoms with E-state index >= 15 is 0 Å². The summed E-state index contributed by atoms with van der Waals surface area (Å²) in [5.41, 5.74) is 1.62. The van der Waals surface area contributed by atoms with Gasteiger partial charge in [0.05, 0.1) is 0 Å². The van der Waals surface area contributed by atoms with Crippen LogP contribution in [0.5, 0.6) is 0 Å². The molecule has 0 saturated heterocycles. The van der Waals surface area contributed by atoms with Crippen LogP contribution in [0.3, 0.4) is 0 Å². The molecular formula is C7H7F6N2Sb. The van der Waals surface area contributed by atoms with Crippen LogP contribution in [0.25, 0.3) is 4.98 Å². The fourth-order valence-corrected chi connectivity index (χ4v) is 0.676. The third-order valence-electron chi connectivity index (χ3n) is 1.22. The van der Waals surface area contributed by atoms with Gasteiger partial charge in [-0.15, -0.1) is 0 Å². The molecule has 1 aromatic rings. The van der Waals surface area contributed by atoms with Crippen LogP contribution in [0.1, 0.15) is 5.56 Å². The molecule has 0 aliphatic heterocycles. The van der Waals surface area contributed by atoms with E-state index < -0.39 is 19.5 Å². The van der Waals surface area contributed by atoms with Crippen molar-refractivity contribution in [2.45, 2.75) is 6.92 Å². The Hall–Kier alpha value is -0.962. The Kier molecular flexibility index (Phi) is 3.58. The molecule has 0 saturated carbocycles. The van der Waals surface area contributed by atoms with E-state index in [-0.39, 0.29) is 0 Å². The van der Waals surface area contributed by atoms with E-state index in [4.69, 9.17) is 5.39 Å². The van der Waals surface area contributed by atoms with Gasteiger partial charge in [-0.3, -0.25) is 0 Å². The zero-order chi connectivity index (χ0) is 13.1. The van der Waals surface area contributed by atoms with Crippen LogP contribution >= 0.6 is 0 Å². The van der Waals surface area contributed by atoms with E-state index in [0.29, 0.717) is 5.69 Å². The van der Waals surface area contributed by atoms with Gasteiger partial charge in [-0.2, -0.15) is 0 Å².